The average Bonchev–Trinajstić information content (AvgIpc) is 2.43. The second-order valence-corrected chi connectivity index (χ2v) is 4.72. The zero-order valence-electron chi connectivity index (χ0n) is 11.8. The molecule has 0 aliphatic heterocycles. The third-order valence-corrected chi connectivity index (χ3v) is 3.03. The molecule has 0 atom stereocenters. The lowest BCUT2D eigenvalue weighted by Gasteiger charge is -2.17. The van der Waals surface area contributed by atoms with Gasteiger partial charge in [-0.25, -0.2) is 9.67 Å². The minimum absolute atomic E-state index is 0.123. The monoisotopic (exact) mass is 273 g/mol. The van der Waals surface area contributed by atoms with Crippen molar-refractivity contribution in [2.75, 3.05) is 24.2 Å². The summed E-state index contributed by atoms with van der Waals surface area (Å²) in [6.07, 6.45) is 4.39. The Morgan fingerprint density at radius 1 is 1.35 bits per heavy atom. The van der Waals surface area contributed by atoms with Crippen molar-refractivity contribution in [3.8, 4) is 0 Å². The summed E-state index contributed by atoms with van der Waals surface area (Å²) in [4.78, 5) is 18.1. The van der Waals surface area contributed by atoms with E-state index in [-0.39, 0.29) is 5.56 Å². The lowest BCUT2D eigenvalue weighted by molar-refractivity contribution is 0.635. The van der Waals surface area contributed by atoms with E-state index in [1.54, 1.807) is 24.5 Å². The van der Waals surface area contributed by atoms with E-state index in [0.29, 0.717) is 12.4 Å². The fourth-order valence-electron chi connectivity index (χ4n) is 1.92. The Morgan fingerprint density at radius 3 is 2.75 bits per heavy atom. The molecule has 2 heterocycles. The summed E-state index contributed by atoms with van der Waals surface area (Å²) in [6, 6.07) is 5.16. The van der Waals surface area contributed by atoms with Crippen molar-refractivity contribution in [1.29, 1.82) is 0 Å². The number of nitrogens with two attached hydrogens (primary N) is 1. The molecule has 0 aliphatic rings. The van der Waals surface area contributed by atoms with Crippen LogP contribution in [0.25, 0.3) is 0 Å². The van der Waals surface area contributed by atoms with Crippen LogP contribution in [0, 0.1) is 0 Å². The highest BCUT2D eigenvalue weighted by atomic mass is 16.1. The van der Waals surface area contributed by atoms with Gasteiger partial charge in [-0.2, -0.15) is 5.10 Å². The fourth-order valence-corrected chi connectivity index (χ4v) is 1.92. The normalized spacial score (nSPS) is 10.5. The quantitative estimate of drug-likeness (QED) is 0.883. The second kappa shape index (κ2) is 6.18. The zero-order valence-corrected chi connectivity index (χ0v) is 11.8. The lowest BCUT2D eigenvalue weighted by atomic mass is 10.3. The van der Waals surface area contributed by atoms with Crippen molar-refractivity contribution >= 4 is 11.5 Å². The molecule has 2 aromatic rings. The van der Waals surface area contributed by atoms with Crippen LogP contribution >= 0.6 is 0 Å². The minimum atomic E-state index is -0.123. The molecule has 0 fully saturated rings. The first-order chi connectivity index (χ1) is 9.60. The molecule has 0 saturated heterocycles. The van der Waals surface area contributed by atoms with Crippen LogP contribution in [0.3, 0.4) is 0 Å². The molecule has 0 unspecified atom stereocenters. The van der Waals surface area contributed by atoms with E-state index >= 15 is 0 Å². The van der Waals surface area contributed by atoms with E-state index in [2.05, 4.69) is 17.0 Å². The molecule has 0 aliphatic carbocycles. The third kappa shape index (κ3) is 3.34. The number of nitrogen functional groups attached to an aromatic ring is 1. The molecule has 6 nitrogen and oxygen atoms in total. The minimum Gasteiger partial charge on any atom is -0.384 e. The first-order valence-corrected chi connectivity index (χ1v) is 6.59. The van der Waals surface area contributed by atoms with Gasteiger partial charge in [-0.15, -0.1) is 0 Å². The summed E-state index contributed by atoms with van der Waals surface area (Å²) in [5.41, 5.74) is 7.14. The van der Waals surface area contributed by atoms with E-state index in [1.807, 2.05) is 18.0 Å². The molecule has 0 bridgehead atoms. The van der Waals surface area contributed by atoms with Crippen LogP contribution in [0.1, 0.15) is 18.9 Å². The summed E-state index contributed by atoms with van der Waals surface area (Å²) in [6.45, 7) is 3.39. The van der Waals surface area contributed by atoms with Crippen molar-refractivity contribution in [3.63, 3.8) is 0 Å². The molecule has 2 aromatic heterocycles. The van der Waals surface area contributed by atoms with Gasteiger partial charge in [0.2, 0.25) is 0 Å². The van der Waals surface area contributed by atoms with Crippen LogP contribution in [0.5, 0.6) is 0 Å². The van der Waals surface area contributed by atoms with E-state index in [0.717, 1.165) is 24.2 Å². The van der Waals surface area contributed by atoms with Gasteiger partial charge in [0.1, 0.15) is 5.82 Å². The maximum absolute atomic E-state index is 12.0. The molecule has 0 aromatic carbocycles. The average molecular weight is 273 g/mol. The van der Waals surface area contributed by atoms with E-state index in [1.165, 1.54) is 4.68 Å². The van der Waals surface area contributed by atoms with Crippen molar-refractivity contribution in [1.82, 2.24) is 14.8 Å². The van der Waals surface area contributed by atoms with Crippen LogP contribution in [-0.4, -0.2) is 28.4 Å². The molecular formula is C14H19N5O. The number of pyridine rings is 1. The smallest absolute Gasteiger partial charge is 0.269 e. The third-order valence-electron chi connectivity index (χ3n) is 3.03. The number of aromatic nitrogens is 3. The SMILES string of the molecule is CCCN(C)c1cnn(Cc2ccc(N)nc2)c(=O)c1. The van der Waals surface area contributed by atoms with E-state index in [4.69, 9.17) is 5.73 Å². The molecule has 2 rings (SSSR count). The number of nitrogens with zero attached hydrogens (tertiary/aromatic N) is 4. The van der Waals surface area contributed by atoms with Crippen LogP contribution in [-0.2, 0) is 6.54 Å². The zero-order chi connectivity index (χ0) is 14.5. The Labute approximate surface area is 117 Å². The van der Waals surface area contributed by atoms with Crippen LogP contribution in [0.2, 0.25) is 0 Å². The highest BCUT2D eigenvalue weighted by molar-refractivity contribution is 5.41. The Kier molecular flexibility index (Phi) is 4.34. The van der Waals surface area contributed by atoms with Gasteiger partial charge >= 0.3 is 0 Å². The molecule has 0 spiro atoms. The maximum atomic E-state index is 12.0. The van der Waals surface area contributed by atoms with E-state index in [9.17, 15) is 4.79 Å². The summed E-state index contributed by atoms with van der Waals surface area (Å²) in [5.74, 6) is 0.464. The lowest BCUT2D eigenvalue weighted by Crippen LogP contribution is -2.26. The number of anilines is 2. The second-order valence-electron chi connectivity index (χ2n) is 4.72. The molecule has 0 saturated carbocycles. The standard InChI is InChI=1S/C14H19N5O/c1-3-6-18(2)12-7-14(20)19(17-9-12)10-11-4-5-13(15)16-8-11/h4-5,7-9H,3,6,10H2,1-2H3,(H2,15,16). The Hall–Kier alpha value is -2.37. The fraction of sp³-hybridized carbons (Fsp3) is 0.357. The molecule has 0 amide bonds. The van der Waals surface area contributed by atoms with Crippen LogP contribution in [0.15, 0.2) is 35.4 Å². The topological polar surface area (TPSA) is 77.0 Å². The van der Waals surface area contributed by atoms with Gasteiger partial charge in [0.05, 0.1) is 18.4 Å². The summed E-state index contributed by atoms with van der Waals surface area (Å²) in [7, 11) is 1.95. The number of hydrogen-bond donors (Lipinski definition) is 1. The van der Waals surface area contributed by atoms with Crippen molar-refractivity contribution in [2.24, 2.45) is 0 Å². The van der Waals surface area contributed by atoms with Gasteiger partial charge in [-0.1, -0.05) is 13.0 Å². The largest absolute Gasteiger partial charge is 0.384 e. The summed E-state index contributed by atoms with van der Waals surface area (Å²) in [5, 5.41) is 4.20. The molecule has 20 heavy (non-hydrogen) atoms. The Bertz CT molecular complexity index is 620. The van der Waals surface area contributed by atoms with Crippen molar-refractivity contribution in [2.45, 2.75) is 19.9 Å². The first kappa shape index (κ1) is 14.0. The Morgan fingerprint density at radius 2 is 2.15 bits per heavy atom. The highest BCUT2D eigenvalue weighted by Crippen LogP contribution is 2.08. The van der Waals surface area contributed by atoms with Crippen LogP contribution < -0.4 is 16.2 Å². The molecule has 2 N–H and O–H groups in total. The van der Waals surface area contributed by atoms with Crippen molar-refractivity contribution in [3.05, 3.63) is 46.5 Å². The predicted molar refractivity (Wildman–Crippen MR) is 79.8 cm³/mol. The molecule has 6 heteroatoms. The first-order valence-electron chi connectivity index (χ1n) is 6.59. The predicted octanol–water partition coefficient (Wildman–Crippen LogP) is 1.11. The van der Waals surface area contributed by atoms with Gasteiger partial charge in [0.25, 0.3) is 5.56 Å². The number of hydrogen-bond acceptors (Lipinski definition) is 5. The molecule has 106 valence electrons. The van der Waals surface area contributed by atoms with E-state index < -0.39 is 0 Å². The molecular weight excluding hydrogens is 254 g/mol. The van der Waals surface area contributed by atoms with Gasteiger partial charge in [0, 0.05) is 25.9 Å². The van der Waals surface area contributed by atoms with Crippen molar-refractivity contribution < 1.29 is 0 Å². The van der Waals surface area contributed by atoms with Gasteiger partial charge in [-0.05, 0) is 18.1 Å². The molecule has 0 radical (unpaired) electrons. The van der Waals surface area contributed by atoms with Crippen LogP contribution in [0.4, 0.5) is 11.5 Å². The summed E-state index contributed by atoms with van der Waals surface area (Å²) < 4.78 is 1.41. The summed E-state index contributed by atoms with van der Waals surface area (Å²) >= 11 is 0. The van der Waals surface area contributed by atoms with Gasteiger partial charge in [-0.3, -0.25) is 4.79 Å². The number of rotatable bonds is 5. The highest BCUT2D eigenvalue weighted by Gasteiger charge is 2.05. The van der Waals surface area contributed by atoms with Gasteiger partial charge < -0.3 is 10.6 Å². The maximum Gasteiger partial charge on any atom is 0.269 e. The van der Waals surface area contributed by atoms with Gasteiger partial charge in [0.15, 0.2) is 0 Å². The Balaban J connectivity index is 2.17.